The Balaban J connectivity index is 2.30. The van der Waals surface area contributed by atoms with Gasteiger partial charge < -0.3 is 14.7 Å². The molecule has 0 spiro atoms. The first-order chi connectivity index (χ1) is 5.34. The molecule has 62 valence electrons. The standard InChI is InChI=1S/C7H11NO2S/c9-5-2-1-3-8-4-6-10-7(8)11/h1,3,9H,2,4-6H2. The lowest BCUT2D eigenvalue weighted by molar-refractivity contribution is 0.302. The fourth-order valence-electron chi connectivity index (χ4n) is 0.817. The van der Waals surface area contributed by atoms with Gasteiger partial charge >= 0.3 is 0 Å². The van der Waals surface area contributed by atoms with Crippen molar-refractivity contribution < 1.29 is 9.84 Å². The van der Waals surface area contributed by atoms with E-state index in [0.29, 0.717) is 18.2 Å². The van der Waals surface area contributed by atoms with Crippen LogP contribution in [0.5, 0.6) is 0 Å². The van der Waals surface area contributed by atoms with E-state index in [4.69, 9.17) is 22.1 Å². The molecule has 0 aromatic heterocycles. The lowest BCUT2D eigenvalue weighted by Gasteiger charge is -2.06. The molecule has 0 bridgehead atoms. The van der Waals surface area contributed by atoms with Crippen molar-refractivity contribution in [3.05, 3.63) is 12.3 Å². The van der Waals surface area contributed by atoms with Crippen molar-refractivity contribution in [1.82, 2.24) is 4.90 Å². The summed E-state index contributed by atoms with van der Waals surface area (Å²) in [6.45, 7) is 1.67. The SMILES string of the molecule is OCCC=CN1CCOC1=S. The Morgan fingerprint density at radius 1 is 1.73 bits per heavy atom. The number of hydrogen-bond donors (Lipinski definition) is 1. The molecule has 0 saturated carbocycles. The van der Waals surface area contributed by atoms with Crippen LogP contribution in [-0.2, 0) is 4.74 Å². The molecule has 1 fully saturated rings. The monoisotopic (exact) mass is 173 g/mol. The summed E-state index contributed by atoms with van der Waals surface area (Å²) in [6.07, 6.45) is 4.39. The zero-order valence-electron chi connectivity index (χ0n) is 6.19. The molecule has 0 atom stereocenters. The maximum absolute atomic E-state index is 8.47. The van der Waals surface area contributed by atoms with Crippen molar-refractivity contribution in [2.24, 2.45) is 0 Å². The largest absolute Gasteiger partial charge is 0.469 e. The van der Waals surface area contributed by atoms with Crippen LogP contribution in [0.4, 0.5) is 0 Å². The van der Waals surface area contributed by atoms with E-state index in [2.05, 4.69) is 0 Å². The molecule has 0 unspecified atom stereocenters. The normalized spacial score (nSPS) is 17.9. The third-order valence-corrected chi connectivity index (χ3v) is 1.73. The Kier molecular flexibility index (Phi) is 3.32. The van der Waals surface area contributed by atoms with E-state index in [1.165, 1.54) is 0 Å². The first kappa shape index (κ1) is 8.49. The van der Waals surface area contributed by atoms with Gasteiger partial charge in [0, 0.05) is 12.8 Å². The fourth-order valence-corrected chi connectivity index (χ4v) is 1.05. The summed E-state index contributed by atoms with van der Waals surface area (Å²) in [7, 11) is 0. The van der Waals surface area contributed by atoms with Crippen molar-refractivity contribution in [3.8, 4) is 0 Å². The van der Waals surface area contributed by atoms with Crippen LogP contribution in [0.1, 0.15) is 6.42 Å². The molecule has 0 radical (unpaired) electrons. The minimum atomic E-state index is 0.179. The molecule has 1 heterocycles. The van der Waals surface area contributed by atoms with Gasteiger partial charge in [-0.25, -0.2) is 0 Å². The summed E-state index contributed by atoms with van der Waals surface area (Å²) in [5.74, 6) is 0. The molecule has 1 N–H and O–H groups in total. The van der Waals surface area contributed by atoms with Crippen molar-refractivity contribution in [2.75, 3.05) is 19.8 Å². The Hall–Kier alpha value is -0.610. The molecule has 0 aromatic rings. The summed E-state index contributed by atoms with van der Waals surface area (Å²) in [6, 6.07) is 0. The minimum Gasteiger partial charge on any atom is -0.469 e. The lowest BCUT2D eigenvalue weighted by atomic mass is 10.4. The van der Waals surface area contributed by atoms with E-state index in [1.807, 2.05) is 17.2 Å². The summed E-state index contributed by atoms with van der Waals surface area (Å²) in [5.41, 5.74) is 0. The highest BCUT2D eigenvalue weighted by atomic mass is 32.1. The number of aliphatic hydroxyl groups is 1. The second-order valence-electron chi connectivity index (χ2n) is 2.20. The predicted octanol–water partition coefficient (Wildman–Crippen LogP) is 0.500. The maximum Gasteiger partial charge on any atom is 0.263 e. The van der Waals surface area contributed by atoms with Crippen LogP contribution in [0.15, 0.2) is 12.3 Å². The average molecular weight is 173 g/mol. The Morgan fingerprint density at radius 3 is 3.09 bits per heavy atom. The van der Waals surface area contributed by atoms with Gasteiger partial charge in [0.15, 0.2) is 0 Å². The average Bonchev–Trinajstić information content (AvgIpc) is 2.37. The molecule has 0 aliphatic carbocycles. The third-order valence-electron chi connectivity index (χ3n) is 1.37. The van der Waals surface area contributed by atoms with E-state index in [1.54, 1.807) is 0 Å². The van der Waals surface area contributed by atoms with E-state index in [-0.39, 0.29) is 6.61 Å². The number of hydrogen-bond acceptors (Lipinski definition) is 3. The van der Waals surface area contributed by atoms with E-state index >= 15 is 0 Å². The summed E-state index contributed by atoms with van der Waals surface area (Å²) in [4.78, 5) is 1.85. The molecule has 1 rings (SSSR count). The fraction of sp³-hybridized carbons (Fsp3) is 0.571. The van der Waals surface area contributed by atoms with Crippen LogP contribution in [-0.4, -0.2) is 34.9 Å². The molecule has 11 heavy (non-hydrogen) atoms. The molecule has 3 nitrogen and oxygen atoms in total. The number of nitrogens with zero attached hydrogens (tertiary/aromatic N) is 1. The first-order valence-corrected chi connectivity index (χ1v) is 3.96. The van der Waals surface area contributed by atoms with Crippen LogP contribution < -0.4 is 0 Å². The highest BCUT2D eigenvalue weighted by Gasteiger charge is 2.14. The van der Waals surface area contributed by atoms with Gasteiger partial charge in [-0.15, -0.1) is 0 Å². The highest BCUT2D eigenvalue weighted by Crippen LogP contribution is 2.03. The van der Waals surface area contributed by atoms with Crippen molar-refractivity contribution in [3.63, 3.8) is 0 Å². The van der Waals surface area contributed by atoms with Gasteiger partial charge in [-0.2, -0.15) is 0 Å². The van der Waals surface area contributed by atoms with Crippen LogP contribution in [0.25, 0.3) is 0 Å². The van der Waals surface area contributed by atoms with Crippen molar-refractivity contribution >= 4 is 17.4 Å². The summed E-state index contributed by atoms with van der Waals surface area (Å²) in [5, 5.41) is 9.00. The van der Waals surface area contributed by atoms with Crippen LogP contribution >= 0.6 is 12.2 Å². The van der Waals surface area contributed by atoms with Crippen LogP contribution in [0, 0.1) is 0 Å². The minimum absolute atomic E-state index is 0.179. The lowest BCUT2D eigenvalue weighted by Crippen LogP contribution is -2.16. The first-order valence-electron chi connectivity index (χ1n) is 3.55. The smallest absolute Gasteiger partial charge is 0.263 e. The summed E-state index contributed by atoms with van der Waals surface area (Å²) >= 11 is 4.88. The number of rotatable bonds is 3. The second kappa shape index (κ2) is 4.31. The van der Waals surface area contributed by atoms with Crippen LogP contribution in [0.3, 0.4) is 0 Å². The zero-order valence-corrected chi connectivity index (χ0v) is 7.01. The van der Waals surface area contributed by atoms with Gasteiger partial charge in [-0.1, -0.05) is 6.08 Å². The number of ether oxygens (including phenoxy) is 1. The van der Waals surface area contributed by atoms with E-state index in [9.17, 15) is 0 Å². The topological polar surface area (TPSA) is 32.7 Å². The van der Waals surface area contributed by atoms with Gasteiger partial charge in [-0.3, -0.25) is 0 Å². The Bertz CT molecular complexity index is 170. The highest BCUT2D eigenvalue weighted by molar-refractivity contribution is 7.80. The van der Waals surface area contributed by atoms with Gasteiger partial charge in [0.05, 0.1) is 6.54 Å². The maximum atomic E-state index is 8.47. The molecule has 1 aliphatic rings. The second-order valence-corrected chi connectivity index (χ2v) is 2.55. The molecule has 1 aliphatic heterocycles. The van der Waals surface area contributed by atoms with Crippen molar-refractivity contribution in [1.29, 1.82) is 0 Å². The van der Waals surface area contributed by atoms with Crippen LogP contribution in [0.2, 0.25) is 0 Å². The molecule has 0 aromatic carbocycles. The van der Waals surface area contributed by atoms with E-state index < -0.39 is 0 Å². The quantitative estimate of drug-likeness (QED) is 0.630. The molecule has 4 heteroatoms. The van der Waals surface area contributed by atoms with Gasteiger partial charge in [0.25, 0.3) is 5.17 Å². The number of thiocarbonyl (C=S) groups is 1. The molecular formula is C7H11NO2S. The third kappa shape index (κ3) is 2.48. The van der Waals surface area contributed by atoms with Crippen molar-refractivity contribution in [2.45, 2.75) is 6.42 Å². The molecule has 0 amide bonds. The summed E-state index contributed by atoms with van der Waals surface area (Å²) < 4.78 is 5.04. The van der Waals surface area contributed by atoms with E-state index in [0.717, 1.165) is 6.54 Å². The van der Waals surface area contributed by atoms with Gasteiger partial charge in [-0.05, 0) is 18.6 Å². The predicted molar refractivity (Wildman–Crippen MR) is 46.1 cm³/mol. The molecular weight excluding hydrogens is 162 g/mol. The Morgan fingerprint density at radius 2 is 2.55 bits per heavy atom. The zero-order chi connectivity index (χ0) is 8.10. The van der Waals surface area contributed by atoms with Gasteiger partial charge in [0.2, 0.25) is 0 Å². The molecule has 1 saturated heterocycles. The number of aliphatic hydroxyl groups excluding tert-OH is 1. The van der Waals surface area contributed by atoms with Gasteiger partial charge in [0.1, 0.15) is 6.61 Å². The Labute approximate surface area is 71.3 Å².